The molecule has 0 fully saturated rings. The topological polar surface area (TPSA) is 64.1 Å². The van der Waals surface area contributed by atoms with Crippen molar-refractivity contribution in [2.75, 3.05) is 42.3 Å². The molecule has 0 saturated carbocycles. The van der Waals surface area contributed by atoms with E-state index in [0.717, 1.165) is 4.90 Å². The van der Waals surface area contributed by atoms with E-state index in [2.05, 4.69) is 0 Å². The zero-order valence-electron chi connectivity index (χ0n) is 9.98. The van der Waals surface area contributed by atoms with Crippen LogP contribution < -0.4 is 0 Å². The molecule has 3 amide bonds. The van der Waals surface area contributed by atoms with Gasteiger partial charge in [-0.25, -0.2) is 9.59 Å². The van der Waals surface area contributed by atoms with Crippen molar-refractivity contribution >= 4 is 12.1 Å². The third-order valence-electron chi connectivity index (χ3n) is 1.15. The number of carboxylic acid groups (broad SMARTS) is 1. The second-order valence-electron chi connectivity index (χ2n) is 3.25. The summed E-state index contributed by atoms with van der Waals surface area (Å²) < 4.78 is 0. The Bertz CT molecular complexity index is 186. The van der Waals surface area contributed by atoms with E-state index < -0.39 is 6.09 Å². The van der Waals surface area contributed by atoms with Crippen molar-refractivity contribution in [3.8, 4) is 0 Å². The Hall–Kier alpha value is -0.798. The molecule has 91 valence electrons. The van der Waals surface area contributed by atoms with E-state index in [1.165, 1.54) is 23.9 Å². The molecule has 0 bridgehead atoms. The number of urea groups is 1. The van der Waals surface area contributed by atoms with Gasteiger partial charge in [0.1, 0.15) is 0 Å². The van der Waals surface area contributed by atoms with Crippen LogP contribution >= 0.6 is 0 Å². The molecule has 0 aromatic heterocycles. The SMILES string of the molecule is CN(C)C(=O)N(C)C.CN(C)C(=O)O.[Re]. The first-order chi connectivity index (χ1) is 6.20. The van der Waals surface area contributed by atoms with Crippen LogP contribution in [0.2, 0.25) is 0 Å². The van der Waals surface area contributed by atoms with Crippen LogP contribution in [0, 0.1) is 0 Å². The maximum Gasteiger partial charge on any atom is 0.406 e. The monoisotopic (exact) mass is 392 g/mol. The molecule has 0 aliphatic rings. The summed E-state index contributed by atoms with van der Waals surface area (Å²) in [5.74, 6) is 0. The fraction of sp³-hybridized carbons (Fsp3) is 0.750. The minimum absolute atomic E-state index is 0. The van der Waals surface area contributed by atoms with Crippen molar-refractivity contribution in [2.45, 2.75) is 0 Å². The second-order valence-corrected chi connectivity index (χ2v) is 3.25. The Kier molecular flexibility index (Phi) is 12.8. The van der Waals surface area contributed by atoms with E-state index in [1.807, 2.05) is 0 Å². The number of amides is 3. The summed E-state index contributed by atoms with van der Waals surface area (Å²) >= 11 is 0. The molecule has 15 heavy (non-hydrogen) atoms. The average molecular weight is 391 g/mol. The smallest absolute Gasteiger partial charge is 0.406 e. The van der Waals surface area contributed by atoms with Gasteiger partial charge in [-0.05, 0) is 0 Å². The summed E-state index contributed by atoms with van der Waals surface area (Å²) in [4.78, 5) is 24.5. The predicted octanol–water partition coefficient (Wildman–Crippen LogP) is 0.453. The van der Waals surface area contributed by atoms with Crippen molar-refractivity contribution in [1.29, 1.82) is 0 Å². The molecule has 1 radical (unpaired) electrons. The summed E-state index contributed by atoms with van der Waals surface area (Å²) in [5, 5.41) is 7.92. The first kappa shape index (κ1) is 19.7. The molecular formula is C8H19N3O3Re. The summed E-state index contributed by atoms with van der Waals surface area (Å²) in [6, 6.07) is 0.0185. The first-order valence-corrected chi connectivity index (χ1v) is 3.99. The summed E-state index contributed by atoms with van der Waals surface area (Å²) in [6.07, 6.45) is -0.907. The van der Waals surface area contributed by atoms with Crippen LogP contribution in [0.4, 0.5) is 9.59 Å². The molecule has 7 heteroatoms. The molecule has 0 rings (SSSR count). The molecule has 0 aliphatic carbocycles. The Morgan fingerprint density at radius 3 is 1.00 bits per heavy atom. The van der Waals surface area contributed by atoms with Gasteiger partial charge in [-0.2, -0.15) is 0 Å². The standard InChI is InChI=1S/C5H12N2O.C3H7NO2.Re/c1-6(2)5(8)7(3)4;1-4(2)3(5)6;/h1-4H3;1-2H3,(H,5,6);. The molecule has 0 aromatic rings. The Balaban J connectivity index is -0.000000187. The van der Waals surface area contributed by atoms with E-state index in [0.29, 0.717) is 0 Å². The number of carbonyl (C=O) groups is 2. The van der Waals surface area contributed by atoms with Crippen molar-refractivity contribution in [3.63, 3.8) is 0 Å². The first-order valence-electron chi connectivity index (χ1n) is 3.99. The molecule has 0 heterocycles. The Morgan fingerprint density at radius 2 is 1.00 bits per heavy atom. The van der Waals surface area contributed by atoms with Crippen molar-refractivity contribution in [1.82, 2.24) is 14.7 Å². The van der Waals surface area contributed by atoms with Crippen molar-refractivity contribution < 1.29 is 35.1 Å². The number of nitrogens with zero attached hydrogens (tertiary/aromatic N) is 3. The summed E-state index contributed by atoms with van der Waals surface area (Å²) in [5.41, 5.74) is 0. The van der Waals surface area contributed by atoms with E-state index in [1.54, 1.807) is 28.2 Å². The quantitative estimate of drug-likeness (QED) is 0.652. The summed E-state index contributed by atoms with van der Waals surface area (Å²) in [7, 11) is 9.85. The summed E-state index contributed by atoms with van der Waals surface area (Å²) in [6.45, 7) is 0. The Morgan fingerprint density at radius 1 is 0.800 bits per heavy atom. The van der Waals surface area contributed by atoms with Gasteiger partial charge in [0.05, 0.1) is 0 Å². The van der Waals surface area contributed by atoms with Gasteiger partial charge >= 0.3 is 12.1 Å². The zero-order chi connectivity index (χ0) is 11.9. The molecule has 0 aromatic carbocycles. The van der Waals surface area contributed by atoms with Crippen LogP contribution in [-0.4, -0.2) is 74.2 Å². The van der Waals surface area contributed by atoms with Gasteiger partial charge in [0.15, 0.2) is 0 Å². The van der Waals surface area contributed by atoms with Crippen LogP contribution in [0.1, 0.15) is 0 Å². The minimum atomic E-state index is -0.907. The normalized spacial score (nSPS) is 7.60. The van der Waals surface area contributed by atoms with E-state index in [9.17, 15) is 9.59 Å². The second kappa shape index (κ2) is 9.75. The molecule has 0 unspecified atom stereocenters. The van der Waals surface area contributed by atoms with Gasteiger partial charge in [0.25, 0.3) is 0 Å². The molecule has 0 spiro atoms. The van der Waals surface area contributed by atoms with Gasteiger partial charge in [-0.1, -0.05) is 0 Å². The van der Waals surface area contributed by atoms with Crippen molar-refractivity contribution in [3.05, 3.63) is 0 Å². The maximum absolute atomic E-state index is 10.7. The molecule has 6 nitrogen and oxygen atoms in total. The fourth-order valence-corrected chi connectivity index (χ4v) is 0.400. The van der Waals surface area contributed by atoms with Crippen molar-refractivity contribution in [2.24, 2.45) is 0 Å². The maximum atomic E-state index is 10.7. The van der Waals surface area contributed by atoms with Gasteiger partial charge < -0.3 is 19.8 Å². The molecule has 0 atom stereocenters. The fourth-order valence-electron chi connectivity index (χ4n) is 0.400. The zero-order valence-corrected chi connectivity index (χ0v) is 12.7. The molecule has 0 saturated heterocycles. The van der Waals surface area contributed by atoms with E-state index in [-0.39, 0.29) is 26.5 Å². The number of hydrogen-bond donors (Lipinski definition) is 1. The van der Waals surface area contributed by atoms with Crippen LogP contribution in [-0.2, 0) is 20.4 Å². The van der Waals surface area contributed by atoms with Gasteiger partial charge in [0, 0.05) is 62.7 Å². The van der Waals surface area contributed by atoms with Crippen LogP contribution in [0.15, 0.2) is 0 Å². The molecular weight excluding hydrogens is 372 g/mol. The molecule has 1 N–H and O–H groups in total. The minimum Gasteiger partial charge on any atom is -0.465 e. The van der Waals surface area contributed by atoms with Gasteiger partial charge in [0.2, 0.25) is 0 Å². The number of carbonyl (C=O) groups excluding carboxylic acids is 1. The number of hydrogen-bond acceptors (Lipinski definition) is 2. The van der Waals surface area contributed by atoms with Crippen LogP contribution in [0.3, 0.4) is 0 Å². The largest absolute Gasteiger partial charge is 0.465 e. The predicted molar refractivity (Wildman–Crippen MR) is 54.5 cm³/mol. The van der Waals surface area contributed by atoms with Crippen LogP contribution in [0.25, 0.3) is 0 Å². The Labute approximate surface area is 104 Å². The number of rotatable bonds is 0. The third-order valence-corrected chi connectivity index (χ3v) is 1.15. The van der Waals surface area contributed by atoms with Gasteiger partial charge in [-0.3, -0.25) is 0 Å². The van der Waals surface area contributed by atoms with Crippen LogP contribution in [0.5, 0.6) is 0 Å². The average Bonchev–Trinajstić information content (AvgIpc) is 2.03. The molecule has 0 aliphatic heterocycles. The van der Waals surface area contributed by atoms with Gasteiger partial charge in [-0.15, -0.1) is 0 Å². The van der Waals surface area contributed by atoms with E-state index in [4.69, 9.17) is 5.11 Å². The van der Waals surface area contributed by atoms with E-state index >= 15 is 0 Å². The third kappa shape index (κ3) is 13.2.